The fourth-order valence-electron chi connectivity index (χ4n) is 12.4. The van der Waals surface area contributed by atoms with Gasteiger partial charge >= 0.3 is 29.8 Å². The molecular weight excluding hydrogens is 716 g/mol. The molecule has 2 saturated heterocycles. The first-order valence-electron chi connectivity index (χ1n) is 17.8. The van der Waals surface area contributed by atoms with Crippen molar-refractivity contribution in [1.29, 1.82) is 0 Å². The van der Waals surface area contributed by atoms with E-state index in [9.17, 15) is 39.3 Å². The molecule has 4 bridgehead atoms. The number of methoxy groups -OCH3 is 1. The number of aliphatic hydroxyl groups is 3. The van der Waals surface area contributed by atoms with E-state index in [1.54, 1.807) is 20.8 Å². The molecule has 17 nitrogen and oxygen atoms in total. The predicted molar refractivity (Wildman–Crippen MR) is 173 cm³/mol. The SMILES string of the molecule is COC(=O)[C@@H](O)[C@H]1[C@@]2(C)C[C@]3(O)[C@@](O)([C@H]4O[C@@]5(C(C)C)O[C@@]6([C@H](OC(C)=O)[C@H](OC(C)=O)[C@]7(C)C(=CC(=O)O[C@H]7c7ccoc7)[C@@]46O5)[C@]13C)[C@H]2OC(C)=O. The zero-order valence-electron chi connectivity index (χ0n) is 31.2. The average Bonchev–Trinajstić information content (AvgIpc) is 3.87. The predicted octanol–water partition coefficient (Wildman–Crippen LogP) is 0.908. The van der Waals surface area contributed by atoms with E-state index in [0.717, 1.165) is 34.0 Å². The smallest absolute Gasteiger partial charge is 0.335 e. The van der Waals surface area contributed by atoms with Gasteiger partial charge in [-0.1, -0.05) is 27.7 Å². The van der Waals surface area contributed by atoms with Crippen LogP contribution in [0, 0.1) is 28.1 Å². The second-order valence-corrected chi connectivity index (χ2v) is 16.7. The summed E-state index contributed by atoms with van der Waals surface area (Å²) < 4.78 is 55.7. The molecule has 3 N–H and O–H groups in total. The fraction of sp³-hybridized carbons (Fsp3) is 0.703. The molecule has 0 unspecified atom stereocenters. The summed E-state index contributed by atoms with van der Waals surface area (Å²) in [6.45, 7) is 11.2. The van der Waals surface area contributed by atoms with Gasteiger partial charge in [0.15, 0.2) is 35.1 Å². The van der Waals surface area contributed by atoms with Crippen LogP contribution in [0.25, 0.3) is 0 Å². The molecule has 7 aliphatic rings. The summed E-state index contributed by atoms with van der Waals surface area (Å²) in [7, 11) is 1.05. The monoisotopic (exact) mass is 760 g/mol. The quantitative estimate of drug-likeness (QED) is 0.259. The van der Waals surface area contributed by atoms with Gasteiger partial charge in [-0.25, -0.2) is 9.59 Å². The van der Waals surface area contributed by atoms with E-state index >= 15 is 0 Å². The van der Waals surface area contributed by atoms with E-state index < -0.39 is 129 Å². The number of aliphatic hydroxyl groups excluding tert-OH is 1. The third kappa shape index (κ3) is 3.61. The van der Waals surface area contributed by atoms with E-state index in [2.05, 4.69) is 0 Å². The number of fused-ring (bicyclic) bond motifs is 4. The second kappa shape index (κ2) is 10.7. The van der Waals surface area contributed by atoms with Crippen molar-refractivity contribution in [2.45, 2.75) is 127 Å². The molecule has 0 amide bonds. The molecule has 6 fully saturated rings. The number of rotatable bonds is 7. The Morgan fingerprint density at radius 1 is 0.944 bits per heavy atom. The van der Waals surface area contributed by atoms with Crippen molar-refractivity contribution in [3.8, 4) is 0 Å². The fourth-order valence-corrected chi connectivity index (χ4v) is 12.4. The number of furan rings is 1. The van der Waals surface area contributed by atoms with Crippen LogP contribution in [0.15, 0.2) is 34.7 Å². The van der Waals surface area contributed by atoms with Gasteiger partial charge in [0.25, 0.3) is 5.97 Å². The van der Waals surface area contributed by atoms with Crippen LogP contribution < -0.4 is 0 Å². The van der Waals surface area contributed by atoms with Gasteiger partial charge in [-0.15, -0.1) is 0 Å². The average molecular weight is 761 g/mol. The van der Waals surface area contributed by atoms with Gasteiger partial charge in [0.1, 0.15) is 23.9 Å². The van der Waals surface area contributed by atoms with E-state index in [1.807, 2.05) is 0 Å². The molecule has 294 valence electrons. The Hall–Kier alpha value is -3.87. The molecule has 4 aliphatic carbocycles. The Morgan fingerprint density at radius 3 is 2.13 bits per heavy atom. The Bertz CT molecular complexity index is 1910. The Labute approximate surface area is 309 Å². The lowest BCUT2D eigenvalue weighted by molar-refractivity contribution is -0.470. The summed E-state index contributed by atoms with van der Waals surface area (Å²) in [5.74, 6) is -9.15. The number of carbonyl (C=O) groups excluding carboxylic acids is 5. The molecule has 15 atom stereocenters. The lowest BCUT2D eigenvalue weighted by atomic mass is 9.33. The van der Waals surface area contributed by atoms with Crippen molar-refractivity contribution in [1.82, 2.24) is 0 Å². The topological polar surface area (TPSA) is 233 Å². The summed E-state index contributed by atoms with van der Waals surface area (Å²) in [5, 5.41) is 39.2. The largest absolute Gasteiger partial charge is 0.472 e. The standard InChI is InChI=1S/C37H44O17/c1-15(2)37-52-29-34(45)28(50-18(5)40)30(6)14-33(34,44)32(8,23(30)22(42)27(43)46-9)36(54-37)26(49-17(4)39)25(48-16(3)38)31(7)20(35(29,36)53-37)12-21(41)51-24(31)19-10-11-47-13-19/h10-13,15,22-26,28-29,42,44-45H,14H2,1-9H3/t22-,23-,24-,25-,26+,28-,29+,30+,31+,32+,33+,34-,35+,36-,37+/m0/s1. The number of ether oxygens (including phenoxy) is 8. The van der Waals surface area contributed by atoms with Crippen molar-refractivity contribution in [2.24, 2.45) is 28.1 Å². The minimum absolute atomic E-state index is 0.0118. The molecular formula is C37H44O17. The van der Waals surface area contributed by atoms with Gasteiger partial charge < -0.3 is 57.6 Å². The van der Waals surface area contributed by atoms with Gasteiger partial charge in [0.2, 0.25) is 0 Å². The number of esters is 5. The van der Waals surface area contributed by atoms with Crippen molar-refractivity contribution in [3.63, 3.8) is 0 Å². The highest BCUT2D eigenvalue weighted by Gasteiger charge is 3.05. The Kier molecular flexibility index (Phi) is 7.35. The van der Waals surface area contributed by atoms with Gasteiger partial charge in [0, 0.05) is 55.1 Å². The van der Waals surface area contributed by atoms with Crippen LogP contribution in [0.4, 0.5) is 0 Å². The third-order valence-electron chi connectivity index (χ3n) is 13.9. The second-order valence-electron chi connectivity index (χ2n) is 16.7. The lowest BCUT2D eigenvalue weighted by Gasteiger charge is -2.77. The third-order valence-corrected chi connectivity index (χ3v) is 13.9. The zero-order chi connectivity index (χ0) is 39.6. The van der Waals surface area contributed by atoms with Crippen molar-refractivity contribution < 1.29 is 81.6 Å². The van der Waals surface area contributed by atoms with Gasteiger partial charge in [-0.3, -0.25) is 14.4 Å². The molecule has 1 aromatic heterocycles. The maximum absolute atomic E-state index is 13.9. The molecule has 0 radical (unpaired) electrons. The van der Waals surface area contributed by atoms with E-state index in [0.29, 0.717) is 5.56 Å². The maximum atomic E-state index is 13.9. The summed E-state index contributed by atoms with van der Waals surface area (Å²) in [6.07, 6.45) is -7.05. The zero-order valence-corrected chi connectivity index (χ0v) is 31.2. The highest BCUT2D eigenvalue weighted by Crippen LogP contribution is 2.88. The summed E-state index contributed by atoms with van der Waals surface area (Å²) >= 11 is 0. The molecule has 4 saturated carbocycles. The minimum Gasteiger partial charge on any atom is -0.472 e. The van der Waals surface area contributed by atoms with Gasteiger partial charge in [-0.2, -0.15) is 0 Å². The first kappa shape index (κ1) is 37.1. The molecule has 1 spiro atoms. The molecule has 8 rings (SSSR count). The van der Waals surface area contributed by atoms with Crippen molar-refractivity contribution in [2.75, 3.05) is 7.11 Å². The first-order valence-corrected chi connectivity index (χ1v) is 17.8. The van der Waals surface area contributed by atoms with E-state index in [4.69, 9.17) is 42.3 Å². The van der Waals surface area contributed by atoms with Crippen molar-refractivity contribution >= 4 is 29.8 Å². The number of hydrogen-bond acceptors (Lipinski definition) is 17. The van der Waals surface area contributed by atoms with Crippen molar-refractivity contribution in [3.05, 3.63) is 35.8 Å². The van der Waals surface area contributed by atoms with Crippen LogP contribution in [-0.4, -0.2) is 111 Å². The number of carbonyl (C=O) groups is 5. The Morgan fingerprint density at radius 2 is 1.57 bits per heavy atom. The molecule has 0 aromatic carbocycles. The highest BCUT2D eigenvalue weighted by atomic mass is 17.0. The molecule has 1 aromatic rings. The number of hydrogen-bond donors (Lipinski definition) is 3. The maximum Gasteiger partial charge on any atom is 0.335 e. The van der Waals surface area contributed by atoms with Gasteiger partial charge in [-0.05, 0) is 25.0 Å². The molecule has 17 heteroatoms. The van der Waals surface area contributed by atoms with Gasteiger partial charge in [0.05, 0.1) is 25.1 Å². The van der Waals surface area contributed by atoms with Crippen LogP contribution >= 0.6 is 0 Å². The summed E-state index contributed by atoms with van der Waals surface area (Å²) in [6, 6.07) is 1.53. The van der Waals surface area contributed by atoms with Crippen LogP contribution in [0.5, 0.6) is 0 Å². The molecule has 4 heterocycles. The van der Waals surface area contributed by atoms with Crippen LogP contribution in [-0.2, 0) is 61.9 Å². The number of cyclic esters (lactones) is 1. The molecule has 3 aliphatic heterocycles. The summed E-state index contributed by atoms with van der Waals surface area (Å²) in [4.78, 5) is 67.1. The minimum atomic E-state index is -2.65. The van der Waals surface area contributed by atoms with Crippen LogP contribution in [0.1, 0.15) is 73.5 Å². The van der Waals surface area contributed by atoms with E-state index in [-0.39, 0.29) is 5.57 Å². The molecule has 54 heavy (non-hydrogen) atoms. The van der Waals surface area contributed by atoms with E-state index in [1.165, 1.54) is 32.4 Å². The first-order chi connectivity index (χ1) is 25.0. The Balaban J connectivity index is 1.57. The lowest BCUT2D eigenvalue weighted by Crippen LogP contribution is -2.96. The summed E-state index contributed by atoms with van der Waals surface area (Å²) in [5.41, 5.74) is -15.2. The van der Waals surface area contributed by atoms with Crippen LogP contribution in [0.3, 0.4) is 0 Å². The highest BCUT2D eigenvalue weighted by molar-refractivity contribution is 5.86. The van der Waals surface area contributed by atoms with Crippen LogP contribution in [0.2, 0.25) is 0 Å². The normalized spacial score (nSPS) is 49.4.